The number of carbonyl (C=O) groups excluding carboxylic acids is 2. The fourth-order valence-electron chi connectivity index (χ4n) is 3.11. The lowest BCUT2D eigenvalue weighted by molar-refractivity contribution is -0.136. The van der Waals surface area contributed by atoms with Gasteiger partial charge in [0.25, 0.3) is 0 Å². The van der Waals surface area contributed by atoms with Gasteiger partial charge >= 0.3 is 5.97 Å². The number of esters is 1. The van der Waals surface area contributed by atoms with Crippen molar-refractivity contribution in [3.05, 3.63) is 52.9 Å². The number of aryl methyl sites for hydroxylation is 1. The number of allylic oxidation sites excluding steroid dienone is 1. The van der Waals surface area contributed by atoms with Crippen LogP contribution in [0.5, 0.6) is 11.5 Å². The van der Waals surface area contributed by atoms with Gasteiger partial charge in [0.2, 0.25) is 5.78 Å². The normalized spacial score (nSPS) is 12.4. The van der Waals surface area contributed by atoms with Crippen LogP contribution in [0, 0.1) is 13.8 Å². The SMILES string of the molecule is CC(C)=CC(=O)OCC(=O)c1cc(C)n(-c2ccc3c(c2)OCCO3)c1C. The number of hydrogen-bond donors (Lipinski definition) is 0. The molecule has 0 saturated heterocycles. The molecular weight excluding hydrogens is 346 g/mol. The topological polar surface area (TPSA) is 66.8 Å². The molecule has 0 aliphatic carbocycles. The van der Waals surface area contributed by atoms with Crippen molar-refractivity contribution in [2.75, 3.05) is 19.8 Å². The van der Waals surface area contributed by atoms with Crippen LogP contribution in [0.4, 0.5) is 0 Å². The van der Waals surface area contributed by atoms with Crippen molar-refractivity contribution in [3.8, 4) is 17.2 Å². The summed E-state index contributed by atoms with van der Waals surface area (Å²) in [4.78, 5) is 24.2. The van der Waals surface area contributed by atoms with Crippen molar-refractivity contribution in [1.29, 1.82) is 0 Å². The number of hydrogen-bond acceptors (Lipinski definition) is 5. The Hall–Kier alpha value is -3.02. The van der Waals surface area contributed by atoms with Gasteiger partial charge in [0, 0.05) is 34.8 Å². The molecule has 0 fully saturated rings. The van der Waals surface area contributed by atoms with Gasteiger partial charge in [-0.25, -0.2) is 4.79 Å². The van der Waals surface area contributed by atoms with E-state index in [-0.39, 0.29) is 12.4 Å². The van der Waals surface area contributed by atoms with Crippen LogP contribution in [-0.2, 0) is 9.53 Å². The molecule has 0 saturated carbocycles. The number of aromatic nitrogens is 1. The predicted octanol–water partition coefficient (Wildman–Crippen LogP) is 3.56. The average Bonchev–Trinajstić information content (AvgIpc) is 2.93. The number of ether oxygens (including phenoxy) is 3. The Morgan fingerprint density at radius 1 is 1.11 bits per heavy atom. The van der Waals surface area contributed by atoms with Crippen molar-refractivity contribution in [1.82, 2.24) is 4.57 Å². The molecule has 0 amide bonds. The Balaban J connectivity index is 1.83. The van der Waals surface area contributed by atoms with E-state index in [9.17, 15) is 9.59 Å². The van der Waals surface area contributed by atoms with E-state index in [0.29, 0.717) is 24.5 Å². The Labute approximate surface area is 158 Å². The number of ketones is 1. The minimum absolute atomic E-state index is 0.234. The lowest BCUT2D eigenvalue weighted by atomic mass is 10.1. The maximum absolute atomic E-state index is 12.5. The molecule has 27 heavy (non-hydrogen) atoms. The van der Waals surface area contributed by atoms with Gasteiger partial charge < -0.3 is 18.8 Å². The van der Waals surface area contributed by atoms with Gasteiger partial charge in [0.05, 0.1) is 0 Å². The van der Waals surface area contributed by atoms with Crippen LogP contribution in [0.15, 0.2) is 35.9 Å². The molecule has 1 aliphatic rings. The number of nitrogens with zero attached hydrogens (tertiary/aromatic N) is 1. The van der Waals surface area contributed by atoms with Gasteiger partial charge in [-0.1, -0.05) is 5.57 Å². The zero-order valence-corrected chi connectivity index (χ0v) is 16.0. The molecule has 0 atom stereocenters. The highest BCUT2D eigenvalue weighted by molar-refractivity contribution is 6.00. The van der Waals surface area contributed by atoms with Crippen LogP contribution in [0.2, 0.25) is 0 Å². The molecule has 0 unspecified atom stereocenters. The molecule has 2 aromatic rings. The number of rotatable bonds is 5. The summed E-state index contributed by atoms with van der Waals surface area (Å²) in [5, 5.41) is 0. The molecule has 6 heteroatoms. The first-order chi connectivity index (χ1) is 12.9. The van der Waals surface area contributed by atoms with Crippen LogP contribution >= 0.6 is 0 Å². The molecule has 0 bridgehead atoms. The average molecular weight is 369 g/mol. The van der Waals surface area contributed by atoms with Gasteiger partial charge in [0.15, 0.2) is 18.1 Å². The van der Waals surface area contributed by atoms with E-state index in [4.69, 9.17) is 14.2 Å². The third-order valence-corrected chi connectivity index (χ3v) is 4.27. The number of carbonyl (C=O) groups is 2. The second kappa shape index (κ2) is 7.70. The van der Waals surface area contributed by atoms with Gasteiger partial charge in [-0.2, -0.15) is 0 Å². The van der Waals surface area contributed by atoms with E-state index in [1.54, 1.807) is 13.8 Å². The summed E-state index contributed by atoms with van der Waals surface area (Å²) in [7, 11) is 0. The molecule has 1 aromatic heterocycles. The summed E-state index contributed by atoms with van der Waals surface area (Å²) in [6, 6.07) is 7.50. The smallest absolute Gasteiger partial charge is 0.331 e. The Morgan fingerprint density at radius 2 is 1.81 bits per heavy atom. The number of benzene rings is 1. The van der Waals surface area contributed by atoms with Crippen molar-refractivity contribution in [2.24, 2.45) is 0 Å². The molecule has 6 nitrogen and oxygen atoms in total. The minimum atomic E-state index is -0.510. The van der Waals surface area contributed by atoms with Crippen LogP contribution in [0.3, 0.4) is 0 Å². The molecule has 0 radical (unpaired) electrons. The minimum Gasteiger partial charge on any atom is -0.486 e. The molecule has 0 N–H and O–H groups in total. The highest BCUT2D eigenvalue weighted by Crippen LogP contribution is 2.33. The van der Waals surface area contributed by atoms with E-state index >= 15 is 0 Å². The van der Waals surface area contributed by atoms with Gasteiger partial charge in [-0.05, 0) is 45.9 Å². The molecule has 1 aromatic carbocycles. The van der Waals surface area contributed by atoms with Crippen molar-refractivity contribution >= 4 is 11.8 Å². The van der Waals surface area contributed by atoms with E-state index in [1.807, 2.05) is 42.7 Å². The lowest BCUT2D eigenvalue weighted by Gasteiger charge is -2.20. The van der Waals surface area contributed by atoms with Crippen LogP contribution in [-0.4, -0.2) is 36.1 Å². The summed E-state index contributed by atoms with van der Waals surface area (Å²) in [6.07, 6.45) is 1.37. The Bertz CT molecular complexity index is 919. The highest BCUT2D eigenvalue weighted by Gasteiger charge is 2.19. The summed E-state index contributed by atoms with van der Waals surface area (Å²) in [5.41, 5.74) is 3.93. The van der Waals surface area contributed by atoms with Crippen molar-refractivity contribution < 1.29 is 23.8 Å². The van der Waals surface area contributed by atoms with Crippen LogP contribution < -0.4 is 9.47 Å². The lowest BCUT2D eigenvalue weighted by Crippen LogP contribution is -2.16. The zero-order chi connectivity index (χ0) is 19.6. The van der Waals surface area contributed by atoms with E-state index in [0.717, 1.165) is 28.4 Å². The second-order valence-corrected chi connectivity index (χ2v) is 6.70. The standard InChI is InChI=1S/C21H23NO5/c1-13(2)9-21(24)27-12-18(23)17-10-14(3)22(15(17)4)16-5-6-19-20(11-16)26-8-7-25-19/h5-6,9-11H,7-8,12H2,1-4H3. The molecule has 142 valence electrons. The van der Waals surface area contributed by atoms with Crippen molar-refractivity contribution in [2.45, 2.75) is 27.7 Å². The number of Topliss-reactive ketones (excluding diaryl/α,β-unsaturated/α-hetero) is 1. The first-order valence-corrected chi connectivity index (χ1v) is 8.80. The fraction of sp³-hybridized carbons (Fsp3) is 0.333. The molecule has 2 heterocycles. The predicted molar refractivity (Wildman–Crippen MR) is 101 cm³/mol. The zero-order valence-electron chi connectivity index (χ0n) is 16.0. The molecule has 0 spiro atoms. The van der Waals surface area contributed by atoms with Gasteiger partial charge in [-0.15, -0.1) is 0 Å². The van der Waals surface area contributed by atoms with Crippen molar-refractivity contribution in [3.63, 3.8) is 0 Å². The summed E-state index contributed by atoms with van der Waals surface area (Å²) in [6.45, 7) is 8.16. The number of fused-ring (bicyclic) bond motifs is 1. The van der Waals surface area contributed by atoms with Gasteiger partial charge in [0.1, 0.15) is 13.2 Å². The molecule has 3 rings (SSSR count). The third-order valence-electron chi connectivity index (χ3n) is 4.27. The third kappa shape index (κ3) is 4.05. The second-order valence-electron chi connectivity index (χ2n) is 6.70. The van der Waals surface area contributed by atoms with Crippen LogP contribution in [0.1, 0.15) is 35.6 Å². The molecular formula is C21H23NO5. The van der Waals surface area contributed by atoms with Crippen LogP contribution in [0.25, 0.3) is 5.69 Å². The fourth-order valence-corrected chi connectivity index (χ4v) is 3.11. The van der Waals surface area contributed by atoms with E-state index in [2.05, 4.69) is 0 Å². The molecule has 1 aliphatic heterocycles. The maximum Gasteiger partial charge on any atom is 0.331 e. The van der Waals surface area contributed by atoms with Gasteiger partial charge in [-0.3, -0.25) is 4.79 Å². The first kappa shape index (κ1) is 18.8. The quantitative estimate of drug-likeness (QED) is 0.458. The van der Waals surface area contributed by atoms with E-state index < -0.39 is 5.97 Å². The summed E-state index contributed by atoms with van der Waals surface area (Å²) < 4.78 is 18.2. The Morgan fingerprint density at radius 3 is 2.52 bits per heavy atom. The monoisotopic (exact) mass is 369 g/mol. The Kier molecular flexibility index (Phi) is 5.35. The van der Waals surface area contributed by atoms with E-state index in [1.165, 1.54) is 6.08 Å². The summed E-state index contributed by atoms with van der Waals surface area (Å²) in [5.74, 6) is 0.663. The largest absolute Gasteiger partial charge is 0.486 e. The first-order valence-electron chi connectivity index (χ1n) is 8.80. The maximum atomic E-state index is 12.5. The summed E-state index contributed by atoms with van der Waals surface area (Å²) >= 11 is 0. The highest BCUT2D eigenvalue weighted by atomic mass is 16.6.